The molecule has 0 saturated heterocycles. The summed E-state index contributed by atoms with van der Waals surface area (Å²) >= 11 is 0. The van der Waals surface area contributed by atoms with Crippen molar-refractivity contribution >= 4 is 17.4 Å². The van der Waals surface area contributed by atoms with Crippen molar-refractivity contribution in [2.75, 3.05) is 13.2 Å². The number of hydrogen-bond donors (Lipinski definition) is 1. The molecular weight excluding hydrogens is 362 g/mol. The molecule has 0 aliphatic carbocycles. The molecule has 29 heavy (non-hydrogen) atoms. The van der Waals surface area contributed by atoms with Gasteiger partial charge in [-0.3, -0.25) is 4.79 Å². The third kappa shape index (κ3) is 5.70. The van der Waals surface area contributed by atoms with Crippen molar-refractivity contribution < 1.29 is 9.53 Å². The summed E-state index contributed by atoms with van der Waals surface area (Å²) in [7, 11) is 0. The van der Waals surface area contributed by atoms with Crippen LogP contribution in [0.25, 0.3) is 11.0 Å². The highest BCUT2D eigenvalue weighted by Gasteiger charge is 2.10. The van der Waals surface area contributed by atoms with Crippen LogP contribution in [0.5, 0.6) is 5.75 Å². The van der Waals surface area contributed by atoms with Gasteiger partial charge in [0.15, 0.2) is 0 Å². The van der Waals surface area contributed by atoms with Gasteiger partial charge in [-0.05, 0) is 49.4 Å². The average Bonchev–Trinajstić information content (AvgIpc) is 3.10. The highest BCUT2D eigenvalue weighted by Crippen LogP contribution is 2.20. The number of carbonyl (C=O) groups excluding carboxylic acids is 1. The van der Waals surface area contributed by atoms with Crippen LogP contribution in [0.4, 0.5) is 0 Å². The fraction of sp³-hybridized carbons (Fsp3) is 0.333. The van der Waals surface area contributed by atoms with Crippen molar-refractivity contribution in [2.45, 2.75) is 38.6 Å². The van der Waals surface area contributed by atoms with Crippen molar-refractivity contribution in [1.82, 2.24) is 14.9 Å². The van der Waals surface area contributed by atoms with Crippen molar-refractivity contribution in [1.29, 1.82) is 0 Å². The zero-order valence-corrected chi connectivity index (χ0v) is 16.8. The second kappa shape index (κ2) is 11.1. The third-order valence-electron chi connectivity index (χ3n) is 4.91. The van der Waals surface area contributed by atoms with E-state index in [1.54, 1.807) is 0 Å². The summed E-state index contributed by atoms with van der Waals surface area (Å²) < 4.78 is 8.31. The number of nitrogens with one attached hydrogen (secondary N) is 1. The summed E-state index contributed by atoms with van der Waals surface area (Å²) in [6, 6.07) is 16.4. The monoisotopic (exact) mass is 391 g/mol. The lowest BCUT2D eigenvalue weighted by Crippen LogP contribution is -2.14. The van der Waals surface area contributed by atoms with Crippen LogP contribution in [0.2, 0.25) is 0 Å². The van der Waals surface area contributed by atoms with Gasteiger partial charge in [0.25, 0.3) is 0 Å². The van der Waals surface area contributed by atoms with E-state index >= 15 is 0 Å². The summed E-state index contributed by atoms with van der Waals surface area (Å²) in [5.74, 6) is 2.03. The van der Waals surface area contributed by atoms with Crippen molar-refractivity contribution in [2.24, 2.45) is 0 Å². The molecule has 0 radical (unpaired) electrons. The Morgan fingerprint density at radius 1 is 1.07 bits per heavy atom. The molecule has 0 atom stereocenters. The van der Waals surface area contributed by atoms with E-state index in [0.717, 1.165) is 62.1 Å². The first kappa shape index (κ1) is 20.6. The number of aromatic nitrogens is 2. The summed E-state index contributed by atoms with van der Waals surface area (Å²) in [6.45, 7) is 6.09. The van der Waals surface area contributed by atoms with Gasteiger partial charge in [-0.25, -0.2) is 4.98 Å². The number of ether oxygens (including phenoxy) is 1. The second-order valence-electron chi connectivity index (χ2n) is 7.00. The number of benzene rings is 2. The average molecular weight is 392 g/mol. The van der Waals surface area contributed by atoms with Gasteiger partial charge in [0.05, 0.1) is 17.6 Å². The van der Waals surface area contributed by atoms with Crippen LogP contribution in [0.15, 0.2) is 61.2 Å². The molecule has 1 aromatic heterocycles. The first-order valence-corrected chi connectivity index (χ1v) is 10.3. The molecule has 0 aliphatic rings. The Labute approximate surface area is 172 Å². The Hall–Kier alpha value is -3.08. The van der Waals surface area contributed by atoms with Gasteiger partial charge in [-0.2, -0.15) is 0 Å². The molecule has 3 aromatic rings. The number of unbranched alkanes of at least 4 members (excludes halogenated alkanes) is 1. The van der Waals surface area contributed by atoms with Crippen molar-refractivity contribution in [3.05, 3.63) is 72.6 Å². The first-order valence-electron chi connectivity index (χ1n) is 10.3. The van der Waals surface area contributed by atoms with Crippen LogP contribution in [0.1, 0.15) is 30.7 Å². The van der Waals surface area contributed by atoms with Crippen molar-refractivity contribution in [3.8, 4) is 5.75 Å². The molecule has 0 aliphatic heterocycles. The van der Waals surface area contributed by atoms with E-state index in [-0.39, 0.29) is 0 Å². The fourth-order valence-corrected chi connectivity index (χ4v) is 3.50. The minimum absolute atomic E-state index is 0.671. The van der Waals surface area contributed by atoms with Crippen LogP contribution >= 0.6 is 0 Å². The Balaban J connectivity index is 1.56. The number of allylic oxidation sites excluding steroid dienone is 1. The molecule has 1 heterocycles. The highest BCUT2D eigenvalue weighted by molar-refractivity contribution is 5.75. The molecule has 1 N–H and O–H groups in total. The topological polar surface area (TPSA) is 56.1 Å². The molecule has 0 unspecified atom stereocenters. The first-order chi connectivity index (χ1) is 14.3. The number of amides is 1. The Morgan fingerprint density at radius 2 is 1.90 bits per heavy atom. The minimum atomic E-state index is 0.671. The Kier molecular flexibility index (Phi) is 7.87. The molecule has 0 bridgehead atoms. The number of rotatable bonds is 13. The zero-order valence-electron chi connectivity index (χ0n) is 16.8. The summed E-state index contributed by atoms with van der Waals surface area (Å²) in [5, 5.41) is 2.72. The molecular formula is C24H29N3O2. The van der Waals surface area contributed by atoms with Gasteiger partial charge in [0.2, 0.25) is 6.41 Å². The number of carbonyl (C=O) groups is 1. The molecule has 2 aromatic carbocycles. The lowest BCUT2D eigenvalue weighted by molar-refractivity contribution is -0.109. The maximum atomic E-state index is 10.4. The maximum absolute atomic E-state index is 10.4. The SMILES string of the molecule is C=CCc1ccccc1OCCCCn1c(CCCNC=O)nc2ccccc21. The molecule has 3 rings (SSSR count). The maximum Gasteiger partial charge on any atom is 0.207 e. The predicted molar refractivity (Wildman–Crippen MR) is 117 cm³/mol. The third-order valence-corrected chi connectivity index (χ3v) is 4.91. The molecule has 5 heteroatoms. The van der Waals surface area contributed by atoms with Gasteiger partial charge in [-0.15, -0.1) is 6.58 Å². The highest BCUT2D eigenvalue weighted by atomic mass is 16.5. The molecule has 5 nitrogen and oxygen atoms in total. The predicted octanol–water partition coefficient (Wildman–Crippen LogP) is 4.30. The van der Waals surface area contributed by atoms with E-state index in [0.29, 0.717) is 13.2 Å². The van der Waals surface area contributed by atoms with Gasteiger partial charge in [-0.1, -0.05) is 36.4 Å². The van der Waals surface area contributed by atoms with Gasteiger partial charge in [0.1, 0.15) is 11.6 Å². The Morgan fingerprint density at radius 3 is 2.76 bits per heavy atom. The van der Waals surface area contributed by atoms with Crippen LogP contribution < -0.4 is 10.1 Å². The molecule has 152 valence electrons. The van der Waals surface area contributed by atoms with Crippen molar-refractivity contribution in [3.63, 3.8) is 0 Å². The van der Waals surface area contributed by atoms with Gasteiger partial charge >= 0.3 is 0 Å². The molecule has 0 fully saturated rings. The number of para-hydroxylation sites is 3. The van der Waals surface area contributed by atoms with E-state index in [1.165, 1.54) is 11.1 Å². The second-order valence-corrected chi connectivity index (χ2v) is 7.00. The lowest BCUT2D eigenvalue weighted by Gasteiger charge is -2.12. The zero-order chi connectivity index (χ0) is 20.3. The van der Waals surface area contributed by atoms with Crippen LogP contribution in [0.3, 0.4) is 0 Å². The van der Waals surface area contributed by atoms with Crippen LogP contribution in [-0.2, 0) is 24.2 Å². The van der Waals surface area contributed by atoms with E-state index in [9.17, 15) is 4.79 Å². The number of nitrogens with zero attached hydrogens (tertiary/aromatic N) is 2. The quantitative estimate of drug-likeness (QED) is 0.268. The molecule has 0 saturated carbocycles. The fourth-order valence-electron chi connectivity index (χ4n) is 3.50. The largest absolute Gasteiger partial charge is 0.493 e. The number of hydrogen-bond acceptors (Lipinski definition) is 3. The summed E-state index contributed by atoms with van der Waals surface area (Å²) in [4.78, 5) is 15.2. The standard InChI is InChI=1S/C24H29N3O2/c1-2-10-20-11-3-6-14-23(20)29-18-8-7-17-27-22-13-5-4-12-21(22)26-24(27)15-9-16-25-19-28/h2-6,11-14,19H,1,7-10,15-18H2,(H,25,28). The molecule has 0 spiro atoms. The summed E-state index contributed by atoms with van der Waals surface area (Å²) in [6.07, 6.45) is 7.19. The van der Waals surface area contributed by atoms with Crippen LogP contribution in [0, 0.1) is 0 Å². The van der Waals surface area contributed by atoms with Gasteiger partial charge < -0.3 is 14.6 Å². The number of aryl methyl sites for hydroxylation is 2. The normalized spacial score (nSPS) is 10.8. The van der Waals surface area contributed by atoms with E-state index in [4.69, 9.17) is 9.72 Å². The lowest BCUT2D eigenvalue weighted by atomic mass is 10.1. The van der Waals surface area contributed by atoms with Gasteiger partial charge in [0, 0.05) is 19.5 Å². The van der Waals surface area contributed by atoms with E-state index < -0.39 is 0 Å². The molecule has 1 amide bonds. The summed E-state index contributed by atoms with van der Waals surface area (Å²) in [5.41, 5.74) is 3.37. The van der Waals surface area contributed by atoms with E-state index in [1.807, 2.05) is 30.3 Å². The smallest absolute Gasteiger partial charge is 0.207 e. The number of fused-ring (bicyclic) bond motifs is 1. The minimum Gasteiger partial charge on any atom is -0.493 e. The van der Waals surface area contributed by atoms with E-state index in [2.05, 4.69) is 40.7 Å². The Bertz CT molecular complexity index is 933. The number of imidazole rings is 1. The van der Waals surface area contributed by atoms with Crippen LogP contribution in [-0.4, -0.2) is 29.1 Å².